The van der Waals surface area contributed by atoms with Crippen LogP contribution in [0.3, 0.4) is 0 Å². The van der Waals surface area contributed by atoms with E-state index in [1.54, 1.807) is 26.0 Å². The van der Waals surface area contributed by atoms with E-state index < -0.39 is 30.8 Å². The number of hydrogen-bond acceptors (Lipinski definition) is 11. The third-order valence-electron chi connectivity index (χ3n) is 6.81. The zero-order valence-electron chi connectivity index (χ0n) is 23.9. The molecule has 1 aliphatic carbocycles. The number of ether oxygens (including phenoxy) is 2. The second-order valence-electron chi connectivity index (χ2n) is 9.97. The van der Waals surface area contributed by atoms with Crippen molar-refractivity contribution in [3.8, 4) is 0 Å². The molecule has 0 aliphatic heterocycles. The van der Waals surface area contributed by atoms with E-state index in [2.05, 4.69) is 31.2 Å². The smallest absolute Gasteiger partial charge is 0.423 e. The number of fused-ring (bicyclic) bond motifs is 1. The summed E-state index contributed by atoms with van der Waals surface area (Å²) in [5.41, 5.74) is 2.07. The van der Waals surface area contributed by atoms with E-state index in [0.717, 1.165) is 17.7 Å². The number of amides is 4. The molecule has 1 aliphatic rings. The lowest BCUT2D eigenvalue weighted by Crippen LogP contribution is -2.36. The van der Waals surface area contributed by atoms with Gasteiger partial charge in [-0.1, -0.05) is 11.2 Å². The number of carbonyl (C=O) groups is 5. The first kappa shape index (κ1) is 29.7. The highest BCUT2D eigenvalue weighted by atomic mass is 16.7. The second kappa shape index (κ2) is 12.6. The number of esters is 1. The van der Waals surface area contributed by atoms with Crippen molar-refractivity contribution in [1.82, 2.24) is 30.4 Å². The summed E-state index contributed by atoms with van der Waals surface area (Å²) in [6.45, 7) is 4.01. The van der Waals surface area contributed by atoms with E-state index in [1.807, 2.05) is 0 Å². The fraction of sp³-hybridized carbons (Fsp3) is 0.286. The van der Waals surface area contributed by atoms with Crippen LogP contribution in [0.25, 0.3) is 5.52 Å². The van der Waals surface area contributed by atoms with Crippen LogP contribution in [-0.2, 0) is 19.1 Å². The van der Waals surface area contributed by atoms with Gasteiger partial charge in [0.05, 0.1) is 11.3 Å². The highest BCUT2D eigenvalue weighted by molar-refractivity contribution is 6.07. The number of benzene rings is 1. The van der Waals surface area contributed by atoms with Gasteiger partial charge in [0.25, 0.3) is 11.8 Å². The minimum Gasteiger partial charge on any atom is -0.426 e. The van der Waals surface area contributed by atoms with Crippen LogP contribution in [0, 0.1) is 13.8 Å². The molecular weight excluding hydrogens is 576 g/mol. The maximum atomic E-state index is 13.7. The number of aromatic nitrogens is 4. The van der Waals surface area contributed by atoms with E-state index in [-0.39, 0.29) is 34.8 Å². The van der Waals surface area contributed by atoms with Gasteiger partial charge in [-0.25, -0.2) is 24.0 Å². The number of nitrogens with zero attached hydrogens (tertiary/aromatic N) is 5. The predicted molar refractivity (Wildman–Crippen MR) is 152 cm³/mol. The van der Waals surface area contributed by atoms with Crippen LogP contribution in [0.2, 0.25) is 0 Å². The number of hydrogen-bond donors (Lipinski definition) is 3. The Morgan fingerprint density at radius 2 is 1.95 bits per heavy atom. The van der Waals surface area contributed by atoms with Crippen LogP contribution in [0.4, 0.5) is 22.1 Å². The Balaban J connectivity index is 1.53. The van der Waals surface area contributed by atoms with Crippen LogP contribution >= 0.6 is 0 Å². The summed E-state index contributed by atoms with van der Waals surface area (Å²) in [6, 6.07) is 5.23. The molecule has 4 aromatic rings. The molecule has 16 heteroatoms. The SMILES string of the molecule is Cc1ccc(C(=O)Nc2ccon2)cc1N(C(=O)OCOC(=O)C(C)NC=O)c1ncnn2cc(C(=O)NC3CC3)c(C)c12. The van der Waals surface area contributed by atoms with Crippen molar-refractivity contribution < 1.29 is 38.0 Å². The first-order chi connectivity index (χ1) is 21.2. The molecular formula is C28H28N8O8. The highest BCUT2D eigenvalue weighted by Crippen LogP contribution is 2.34. The summed E-state index contributed by atoms with van der Waals surface area (Å²) in [4.78, 5) is 68.0. The van der Waals surface area contributed by atoms with Crippen LogP contribution in [0.1, 0.15) is 51.6 Å². The molecule has 1 aromatic carbocycles. The average Bonchev–Trinajstić information content (AvgIpc) is 3.53. The molecule has 1 atom stereocenters. The van der Waals surface area contributed by atoms with E-state index >= 15 is 0 Å². The highest BCUT2D eigenvalue weighted by Gasteiger charge is 2.30. The Hall–Kier alpha value is -5.80. The van der Waals surface area contributed by atoms with Crippen molar-refractivity contribution in [3.63, 3.8) is 0 Å². The number of nitrogens with one attached hydrogen (secondary N) is 3. The van der Waals surface area contributed by atoms with Crippen molar-refractivity contribution in [2.75, 3.05) is 17.0 Å². The van der Waals surface area contributed by atoms with E-state index in [1.165, 1.54) is 42.4 Å². The van der Waals surface area contributed by atoms with Gasteiger partial charge in [0, 0.05) is 23.9 Å². The Morgan fingerprint density at radius 3 is 2.66 bits per heavy atom. The number of rotatable bonds is 11. The third-order valence-corrected chi connectivity index (χ3v) is 6.81. The van der Waals surface area contributed by atoms with Gasteiger partial charge in [0.1, 0.15) is 24.1 Å². The van der Waals surface area contributed by atoms with Crippen molar-refractivity contribution in [2.45, 2.75) is 45.7 Å². The molecule has 5 rings (SSSR count). The fourth-order valence-corrected chi connectivity index (χ4v) is 4.28. The first-order valence-corrected chi connectivity index (χ1v) is 13.5. The quantitative estimate of drug-likeness (QED) is 0.129. The standard InChI is InChI=1S/C28H28N8O8/c1-15-4-5-18(25(38)33-22-8-9-44-34-22)10-21(15)36(28(41)43-14-42-27(40)17(3)30-13-37)24-23-16(2)20(11-35(23)31-12-29-24)26(39)32-19-6-7-19/h4-5,8-13,17,19H,6-7,14H2,1-3H3,(H,30,37)(H,32,39)(H,33,34,38). The Morgan fingerprint density at radius 1 is 1.16 bits per heavy atom. The van der Waals surface area contributed by atoms with Gasteiger partial charge in [-0.3, -0.25) is 14.4 Å². The third kappa shape index (κ3) is 6.33. The molecule has 0 saturated heterocycles. The summed E-state index contributed by atoms with van der Waals surface area (Å²) in [7, 11) is 0. The summed E-state index contributed by atoms with van der Waals surface area (Å²) in [6.07, 6.45) is 5.16. The van der Waals surface area contributed by atoms with Crippen molar-refractivity contribution in [2.24, 2.45) is 0 Å². The minimum atomic E-state index is -1.02. The summed E-state index contributed by atoms with van der Waals surface area (Å²) in [5, 5.41) is 15.7. The van der Waals surface area contributed by atoms with Crippen molar-refractivity contribution >= 4 is 53.1 Å². The topological polar surface area (TPSA) is 199 Å². The van der Waals surface area contributed by atoms with Crippen molar-refractivity contribution in [1.29, 1.82) is 0 Å². The van der Waals surface area contributed by atoms with Crippen LogP contribution < -0.4 is 20.9 Å². The number of aryl methyl sites for hydroxylation is 2. The molecule has 1 saturated carbocycles. The molecule has 0 radical (unpaired) electrons. The monoisotopic (exact) mass is 604 g/mol. The lowest BCUT2D eigenvalue weighted by Gasteiger charge is -2.24. The average molecular weight is 605 g/mol. The lowest BCUT2D eigenvalue weighted by atomic mass is 10.1. The van der Waals surface area contributed by atoms with E-state index in [9.17, 15) is 24.0 Å². The van der Waals surface area contributed by atoms with Crippen LogP contribution in [0.15, 0.2) is 47.6 Å². The molecule has 44 heavy (non-hydrogen) atoms. The molecule has 0 bridgehead atoms. The maximum Gasteiger partial charge on any atom is 0.423 e. The molecule has 3 heterocycles. The van der Waals surface area contributed by atoms with Gasteiger partial charge in [-0.2, -0.15) is 5.10 Å². The van der Waals surface area contributed by atoms with Gasteiger partial charge in [-0.15, -0.1) is 0 Å². The Kier molecular flexibility index (Phi) is 8.50. The Bertz CT molecular complexity index is 1730. The largest absolute Gasteiger partial charge is 0.426 e. The second-order valence-corrected chi connectivity index (χ2v) is 9.97. The van der Waals surface area contributed by atoms with Gasteiger partial charge in [0.2, 0.25) is 13.2 Å². The summed E-state index contributed by atoms with van der Waals surface area (Å²) in [5.74, 6) is -1.44. The van der Waals surface area contributed by atoms with Gasteiger partial charge >= 0.3 is 12.1 Å². The van der Waals surface area contributed by atoms with Crippen LogP contribution in [-0.4, -0.2) is 68.9 Å². The number of anilines is 3. The van der Waals surface area contributed by atoms with Crippen molar-refractivity contribution in [3.05, 3.63) is 65.3 Å². The van der Waals surface area contributed by atoms with E-state index in [0.29, 0.717) is 28.6 Å². The predicted octanol–water partition coefficient (Wildman–Crippen LogP) is 2.39. The van der Waals surface area contributed by atoms with Gasteiger partial charge in [-0.05, 0) is 56.9 Å². The fourth-order valence-electron chi connectivity index (χ4n) is 4.28. The van der Waals surface area contributed by atoms with E-state index in [4.69, 9.17) is 14.0 Å². The summed E-state index contributed by atoms with van der Waals surface area (Å²) >= 11 is 0. The molecule has 16 nitrogen and oxygen atoms in total. The Labute approximate surface area is 249 Å². The zero-order valence-corrected chi connectivity index (χ0v) is 23.9. The lowest BCUT2D eigenvalue weighted by molar-refractivity contribution is -0.154. The molecule has 1 unspecified atom stereocenters. The molecule has 4 amide bonds. The molecule has 228 valence electrons. The maximum absolute atomic E-state index is 13.7. The summed E-state index contributed by atoms with van der Waals surface area (Å²) < 4.78 is 16.5. The molecule has 0 spiro atoms. The molecule has 1 fully saturated rings. The van der Waals surface area contributed by atoms with Gasteiger partial charge in [0.15, 0.2) is 11.6 Å². The molecule has 3 N–H and O–H groups in total. The number of carbonyl (C=O) groups excluding carboxylic acids is 5. The zero-order chi connectivity index (χ0) is 31.4. The first-order valence-electron chi connectivity index (χ1n) is 13.5. The van der Waals surface area contributed by atoms with Gasteiger partial charge < -0.3 is 29.9 Å². The normalized spacial score (nSPS) is 13.1. The minimum absolute atomic E-state index is 0.0347. The van der Waals surface area contributed by atoms with Crippen LogP contribution in [0.5, 0.6) is 0 Å². The molecule has 3 aromatic heterocycles.